The molecule has 2 rings (SSSR count). The Morgan fingerprint density at radius 3 is 2.78 bits per heavy atom. The van der Waals surface area contributed by atoms with Crippen molar-refractivity contribution in [3.63, 3.8) is 0 Å². The van der Waals surface area contributed by atoms with Crippen molar-refractivity contribution in [1.29, 1.82) is 0 Å². The Hall–Kier alpha value is -1.06. The lowest BCUT2D eigenvalue weighted by Crippen LogP contribution is -2.52. The Bertz CT molecular complexity index is 436. The summed E-state index contributed by atoms with van der Waals surface area (Å²) >= 11 is 6.08. The van der Waals surface area contributed by atoms with E-state index in [4.69, 9.17) is 11.6 Å². The first-order valence-corrected chi connectivity index (χ1v) is 6.67. The van der Waals surface area contributed by atoms with Crippen LogP contribution >= 0.6 is 11.6 Å². The Kier molecular flexibility index (Phi) is 4.25. The highest BCUT2D eigenvalue weighted by Gasteiger charge is 2.24. The molecule has 1 aliphatic rings. The number of nitrogens with zero attached hydrogens (tertiary/aromatic N) is 2. The second kappa shape index (κ2) is 5.72. The summed E-state index contributed by atoms with van der Waals surface area (Å²) in [5.74, 6) is 0.169. The smallest absolute Gasteiger partial charge is 0.227 e. The summed E-state index contributed by atoms with van der Waals surface area (Å²) in [6.07, 6.45) is 0.399. The van der Waals surface area contributed by atoms with Crippen LogP contribution in [0.25, 0.3) is 0 Å². The highest BCUT2D eigenvalue weighted by molar-refractivity contribution is 6.31. The lowest BCUT2D eigenvalue weighted by Gasteiger charge is -2.37. The summed E-state index contributed by atoms with van der Waals surface area (Å²) in [5.41, 5.74) is 0.913. The standard InChI is InChI=1S/C14H19ClN2O/c1-11-10-17(8-7-16(11)2)14(18)9-12-5-3-4-6-13(12)15/h3-6,11H,7-10H2,1-2H3. The quantitative estimate of drug-likeness (QED) is 0.818. The average molecular weight is 267 g/mol. The van der Waals surface area contributed by atoms with Crippen LogP contribution in [0.3, 0.4) is 0 Å². The van der Waals surface area contributed by atoms with Gasteiger partial charge in [0.05, 0.1) is 6.42 Å². The molecule has 0 bridgehead atoms. The Labute approximate surface area is 113 Å². The number of amides is 1. The van der Waals surface area contributed by atoms with E-state index in [-0.39, 0.29) is 5.91 Å². The molecule has 1 amide bonds. The average Bonchev–Trinajstić information content (AvgIpc) is 2.35. The second-order valence-corrected chi connectivity index (χ2v) is 5.34. The van der Waals surface area contributed by atoms with Gasteiger partial charge in [-0.3, -0.25) is 4.79 Å². The Morgan fingerprint density at radius 2 is 2.11 bits per heavy atom. The molecule has 0 saturated carbocycles. The zero-order valence-corrected chi connectivity index (χ0v) is 11.7. The first-order valence-electron chi connectivity index (χ1n) is 6.29. The monoisotopic (exact) mass is 266 g/mol. The molecule has 1 fully saturated rings. The van der Waals surface area contributed by atoms with E-state index in [0.717, 1.165) is 25.2 Å². The highest BCUT2D eigenvalue weighted by Crippen LogP contribution is 2.17. The van der Waals surface area contributed by atoms with Crippen LogP contribution in [0.15, 0.2) is 24.3 Å². The first kappa shape index (κ1) is 13.4. The molecule has 0 aromatic heterocycles. The Morgan fingerprint density at radius 1 is 1.39 bits per heavy atom. The molecule has 3 nitrogen and oxygen atoms in total. The predicted octanol–water partition coefficient (Wildman–Crippen LogP) is 2.04. The number of rotatable bonds is 2. The van der Waals surface area contributed by atoms with E-state index in [1.54, 1.807) is 0 Å². The molecule has 4 heteroatoms. The third-order valence-corrected chi connectivity index (χ3v) is 3.98. The molecule has 0 N–H and O–H groups in total. The fraction of sp³-hybridized carbons (Fsp3) is 0.500. The van der Waals surface area contributed by atoms with E-state index in [2.05, 4.69) is 18.9 Å². The van der Waals surface area contributed by atoms with Gasteiger partial charge in [-0.15, -0.1) is 0 Å². The van der Waals surface area contributed by atoms with Gasteiger partial charge in [0.2, 0.25) is 5.91 Å². The van der Waals surface area contributed by atoms with Gasteiger partial charge in [0.25, 0.3) is 0 Å². The molecular weight excluding hydrogens is 248 g/mol. The summed E-state index contributed by atoms with van der Waals surface area (Å²) < 4.78 is 0. The van der Waals surface area contributed by atoms with Crippen LogP contribution in [0.5, 0.6) is 0 Å². The summed E-state index contributed by atoms with van der Waals surface area (Å²) in [5, 5.41) is 0.674. The molecule has 1 saturated heterocycles. The van der Waals surface area contributed by atoms with Crippen LogP contribution in [-0.2, 0) is 11.2 Å². The number of hydrogen-bond acceptors (Lipinski definition) is 2. The van der Waals surface area contributed by atoms with Gasteiger partial charge in [0.1, 0.15) is 0 Å². The fourth-order valence-corrected chi connectivity index (χ4v) is 2.39. The van der Waals surface area contributed by atoms with Crippen LogP contribution in [0, 0.1) is 0 Å². The Balaban J connectivity index is 1.99. The van der Waals surface area contributed by atoms with Gasteiger partial charge in [-0.05, 0) is 25.6 Å². The fourth-order valence-electron chi connectivity index (χ4n) is 2.19. The van der Waals surface area contributed by atoms with E-state index < -0.39 is 0 Å². The summed E-state index contributed by atoms with van der Waals surface area (Å²) in [7, 11) is 2.10. The molecule has 1 aliphatic heterocycles. The molecule has 1 aromatic rings. The van der Waals surface area contributed by atoms with Crippen molar-refractivity contribution in [2.24, 2.45) is 0 Å². The van der Waals surface area contributed by atoms with Crippen molar-refractivity contribution in [2.75, 3.05) is 26.7 Å². The summed E-state index contributed by atoms with van der Waals surface area (Å²) in [4.78, 5) is 16.4. The molecule has 18 heavy (non-hydrogen) atoms. The van der Waals surface area contributed by atoms with Crippen molar-refractivity contribution in [2.45, 2.75) is 19.4 Å². The van der Waals surface area contributed by atoms with Crippen LogP contribution in [0.1, 0.15) is 12.5 Å². The van der Waals surface area contributed by atoms with Gasteiger partial charge in [-0.1, -0.05) is 29.8 Å². The highest BCUT2D eigenvalue weighted by atomic mass is 35.5. The number of hydrogen-bond donors (Lipinski definition) is 0. The molecule has 0 radical (unpaired) electrons. The topological polar surface area (TPSA) is 23.6 Å². The second-order valence-electron chi connectivity index (χ2n) is 4.94. The minimum Gasteiger partial charge on any atom is -0.340 e. The number of halogens is 1. The summed E-state index contributed by atoms with van der Waals surface area (Å²) in [6, 6.07) is 7.97. The molecule has 98 valence electrons. The van der Waals surface area contributed by atoms with Crippen molar-refractivity contribution < 1.29 is 4.79 Å². The lowest BCUT2D eigenvalue weighted by atomic mass is 10.1. The zero-order chi connectivity index (χ0) is 13.1. The number of likely N-dealkylation sites (N-methyl/N-ethyl adjacent to an activating group) is 1. The van der Waals surface area contributed by atoms with E-state index in [1.807, 2.05) is 29.2 Å². The molecule has 1 aromatic carbocycles. The molecule has 0 aliphatic carbocycles. The van der Waals surface area contributed by atoms with Crippen molar-refractivity contribution in [3.05, 3.63) is 34.9 Å². The van der Waals surface area contributed by atoms with Gasteiger partial charge in [0.15, 0.2) is 0 Å². The van der Waals surface area contributed by atoms with Crippen LogP contribution in [-0.4, -0.2) is 48.4 Å². The van der Waals surface area contributed by atoms with E-state index in [0.29, 0.717) is 17.5 Å². The number of piperazine rings is 1. The third-order valence-electron chi connectivity index (χ3n) is 3.61. The number of carbonyl (C=O) groups excluding carboxylic acids is 1. The van der Waals surface area contributed by atoms with Crippen molar-refractivity contribution >= 4 is 17.5 Å². The predicted molar refractivity (Wildman–Crippen MR) is 73.8 cm³/mol. The van der Waals surface area contributed by atoms with Gasteiger partial charge in [-0.25, -0.2) is 0 Å². The number of benzene rings is 1. The van der Waals surface area contributed by atoms with Gasteiger partial charge in [0, 0.05) is 30.7 Å². The maximum Gasteiger partial charge on any atom is 0.227 e. The van der Waals surface area contributed by atoms with E-state index in [9.17, 15) is 4.79 Å². The van der Waals surface area contributed by atoms with E-state index in [1.165, 1.54) is 0 Å². The summed E-state index contributed by atoms with van der Waals surface area (Å²) in [6.45, 7) is 4.70. The molecule has 0 spiro atoms. The molecule has 1 unspecified atom stereocenters. The van der Waals surface area contributed by atoms with Crippen LogP contribution < -0.4 is 0 Å². The zero-order valence-electron chi connectivity index (χ0n) is 10.9. The largest absolute Gasteiger partial charge is 0.340 e. The first-order chi connectivity index (χ1) is 8.58. The molecule has 1 atom stereocenters. The van der Waals surface area contributed by atoms with Crippen LogP contribution in [0.4, 0.5) is 0 Å². The van der Waals surface area contributed by atoms with Crippen molar-refractivity contribution in [1.82, 2.24) is 9.80 Å². The minimum atomic E-state index is 0.169. The van der Waals surface area contributed by atoms with Crippen molar-refractivity contribution in [3.8, 4) is 0 Å². The van der Waals surface area contributed by atoms with Gasteiger partial charge in [-0.2, -0.15) is 0 Å². The third kappa shape index (κ3) is 3.03. The van der Waals surface area contributed by atoms with Crippen LogP contribution in [0.2, 0.25) is 5.02 Å². The normalized spacial score (nSPS) is 21.1. The SMILES string of the molecule is CC1CN(C(=O)Cc2ccccc2Cl)CCN1C. The minimum absolute atomic E-state index is 0.169. The molecule has 1 heterocycles. The van der Waals surface area contributed by atoms with Gasteiger partial charge >= 0.3 is 0 Å². The maximum absolute atomic E-state index is 12.2. The molecular formula is C14H19ClN2O. The lowest BCUT2D eigenvalue weighted by molar-refractivity contribution is -0.133. The van der Waals surface area contributed by atoms with E-state index >= 15 is 0 Å². The number of carbonyl (C=O) groups is 1. The maximum atomic E-state index is 12.2. The van der Waals surface area contributed by atoms with Gasteiger partial charge < -0.3 is 9.80 Å².